The van der Waals surface area contributed by atoms with Gasteiger partial charge in [0.15, 0.2) is 5.60 Å². The number of benzene rings is 2. The van der Waals surface area contributed by atoms with Crippen LogP contribution in [0.1, 0.15) is 24.3 Å². The summed E-state index contributed by atoms with van der Waals surface area (Å²) in [4.78, 5) is 15.1. The van der Waals surface area contributed by atoms with Crippen molar-refractivity contribution >= 4 is 16.8 Å². The predicted octanol–water partition coefficient (Wildman–Crippen LogP) is 3.62. The molecule has 5 nitrogen and oxygen atoms in total. The minimum Gasteiger partial charge on any atom is -0.376 e. The first-order valence-electron chi connectivity index (χ1n) is 10.2. The van der Waals surface area contributed by atoms with Gasteiger partial charge >= 0.3 is 0 Å². The minimum atomic E-state index is -1.44. The van der Waals surface area contributed by atoms with E-state index in [0.717, 1.165) is 11.6 Å². The van der Waals surface area contributed by atoms with Crippen LogP contribution in [0.15, 0.2) is 36.4 Å². The number of aromatic amines is 1. The first-order chi connectivity index (χ1) is 14.8. The van der Waals surface area contributed by atoms with Gasteiger partial charge < -0.3 is 20.1 Å². The number of fused-ring (bicyclic) bond motifs is 1. The van der Waals surface area contributed by atoms with E-state index >= 15 is 0 Å². The van der Waals surface area contributed by atoms with Gasteiger partial charge in [-0.05, 0) is 66.1 Å². The molecular formula is C23H21F3N2O3. The molecule has 1 aromatic heterocycles. The molecule has 5 rings (SSSR count). The molecule has 162 valence electrons. The molecule has 2 heterocycles. The monoisotopic (exact) mass is 430 g/mol. The normalized spacial score (nSPS) is 22.1. The second-order valence-electron chi connectivity index (χ2n) is 8.50. The Labute approximate surface area is 176 Å². The molecular weight excluding hydrogens is 409 g/mol. The van der Waals surface area contributed by atoms with E-state index in [9.17, 15) is 23.1 Å². The van der Waals surface area contributed by atoms with Crippen LogP contribution in [0.3, 0.4) is 0 Å². The number of ether oxygens (including phenoxy) is 1. The smallest absolute Gasteiger partial charge is 0.256 e. The van der Waals surface area contributed by atoms with Crippen LogP contribution >= 0.6 is 0 Å². The van der Waals surface area contributed by atoms with Gasteiger partial charge in [0.1, 0.15) is 17.5 Å². The van der Waals surface area contributed by atoms with E-state index in [1.54, 1.807) is 12.1 Å². The summed E-state index contributed by atoms with van der Waals surface area (Å²) in [5, 5.41) is 13.2. The molecule has 0 radical (unpaired) electrons. The Balaban J connectivity index is 1.39. The Bertz CT molecular complexity index is 1150. The molecule has 3 N–H and O–H groups in total. The van der Waals surface area contributed by atoms with Crippen LogP contribution in [0, 0.1) is 23.4 Å². The summed E-state index contributed by atoms with van der Waals surface area (Å²) >= 11 is 0. The SMILES string of the molecule is O=C(NC[C@H]1C[C@H](c2c(-c3ccc(F)cc3)[nH]c3c(F)cc(F)cc32)C1)C1(O)COC1. The number of halogens is 3. The van der Waals surface area contributed by atoms with E-state index in [4.69, 9.17) is 4.74 Å². The van der Waals surface area contributed by atoms with E-state index in [0.29, 0.717) is 36.0 Å². The lowest BCUT2D eigenvalue weighted by molar-refractivity contribution is -0.191. The number of amides is 1. The summed E-state index contributed by atoms with van der Waals surface area (Å²) in [5.74, 6) is -1.93. The average molecular weight is 430 g/mol. The molecule has 31 heavy (non-hydrogen) atoms. The van der Waals surface area contributed by atoms with Crippen LogP contribution in [0.5, 0.6) is 0 Å². The summed E-state index contributed by atoms with van der Waals surface area (Å²) in [6.07, 6.45) is 1.43. The summed E-state index contributed by atoms with van der Waals surface area (Å²) < 4.78 is 46.7. The molecule has 2 aliphatic rings. The molecule has 0 bridgehead atoms. The van der Waals surface area contributed by atoms with Crippen molar-refractivity contribution in [1.29, 1.82) is 0 Å². The van der Waals surface area contributed by atoms with Crippen LogP contribution in [0.25, 0.3) is 22.2 Å². The first-order valence-corrected chi connectivity index (χ1v) is 10.2. The zero-order chi connectivity index (χ0) is 21.8. The fraction of sp³-hybridized carbons (Fsp3) is 0.348. The van der Waals surface area contributed by atoms with Crippen molar-refractivity contribution in [3.05, 3.63) is 59.4 Å². The second-order valence-corrected chi connectivity index (χ2v) is 8.50. The van der Waals surface area contributed by atoms with Crippen LogP contribution < -0.4 is 5.32 Å². The molecule has 0 unspecified atom stereocenters. The zero-order valence-electron chi connectivity index (χ0n) is 16.6. The third kappa shape index (κ3) is 3.49. The molecule has 0 spiro atoms. The first kappa shape index (κ1) is 20.1. The number of hydrogen-bond acceptors (Lipinski definition) is 3. The maximum atomic E-state index is 14.4. The molecule has 0 atom stereocenters. The van der Waals surface area contributed by atoms with Gasteiger partial charge in [-0.2, -0.15) is 0 Å². The van der Waals surface area contributed by atoms with Crippen LogP contribution in [0.2, 0.25) is 0 Å². The molecule has 2 fully saturated rings. The molecule has 8 heteroatoms. The third-order valence-electron chi connectivity index (χ3n) is 6.30. The summed E-state index contributed by atoms with van der Waals surface area (Å²) in [6.45, 7) is 0.411. The van der Waals surface area contributed by atoms with Crippen molar-refractivity contribution in [2.45, 2.75) is 24.4 Å². The Morgan fingerprint density at radius 1 is 1.13 bits per heavy atom. The average Bonchev–Trinajstić information content (AvgIpc) is 3.04. The van der Waals surface area contributed by atoms with E-state index in [2.05, 4.69) is 10.3 Å². The maximum Gasteiger partial charge on any atom is 0.256 e. The number of carbonyl (C=O) groups is 1. The number of aliphatic hydroxyl groups is 1. The standard InChI is InChI=1S/C23H21F3N2O3/c24-15-3-1-13(2-4-15)20-19(17-7-16(25)8-18(26)21(17)28-20)14-5-12(6-14)9-27-22(29)23(30)10-31-11-23/h1-4,7-8,12,14,28,30H,5-6,9-11H2,(H,27,29)/t12-,14-. The van der Waals surface area contributed by atoms with Gasteiger partial charge in [0, 0.05) is 18.0 Å². The minimum absolute atomic E-state index is 0.000374. The van der Waals surface area contributed by atoms with Crippen molar-refractivity contribution in [2.24, 2.45) is 5.92 Å². The Morgan fingerprint density at radius 2 is 1.84 bits per heavy atom. The number of nitrogens with one attached hydrogen (secondary N) is 2. The number of rotatable bonds is 5. The second kappa shape index (κ2) is 7.39. The predicted molar refractivity (Wildman–Crippen MR) is 108 cm³/mol. The highest BCUT2D eigenvalue weighted by Crippen LogP contribution is 2.48. The van der Waals surface area contributed by atoms with Crippen molar-refractivity contribution in [1.82, 2.24) is 10.3 Å². The van der Waals surface area contributed by atoms with Crippen molar-refractivity contribution in [3.8, 4) is 11.3 Å². The molecule has 1 amide bonds. The van der Waals surface area contributed by atoms with E-state index in [1.807, 2.05) is 0 Å². The lowest BCUT2D eigenvalue weighted by Crippen LogP contribution is -2.60. The van der Waals surface area contributed by atoms with Crippen molar-refractivity contribution < 1.29 is 27.8 Å². The zero-order valence-corrected chi connectivity index (χ0v) is 16.6. The lowest BCUT2D eigenvalue weighted by atomic mass is 9.70. The quantitative estimate of drug-likeness (QED) is 0.579. The van der Waals surface area contributed by atoms with Gasteiger partial charge in [-0.15, -0.1) is 0 Å². The molecule has 1 saturated heterocycles. The van der Waals surface area contributed by atoms with Gasteiger partial charge in [-0.25, -0.2) is 13.2 Å². The fourth-order valence-corrected chi connectivity index (χ4v) is 4.47. The Kier molecular flexibility index (Phi) is 4.79. The van der Waals surface area contributed by atoms with E-state index in [1.165, 1.54) is 18.2 Å². The Hall–Kier alpha value is -2.84. The highest BCUT2D eigenvalue weighted by atomic mass is 19.1. The van der Waals surface area contributed by atoms with Gasteiger partial charge in [0.25, 0.3) is 5.91 Å². The van der Waals surface area contributed by atoms with Crippen molar-refractivity contribution in [2.75, 3.05) is 19.8 Å². The molecule has 1 aliphatic heterocycles. The largest absolute Gasteiger partial charge is 0.376 e. The topological polar surface area (TPSA) is 74.4 Å². The molecule has 3 aromatic rings. The van der Waals surface area contributed by atoms with Gasteiger partial charge in [-0.3, -0.25) is 4.79 Å². The van der Waals surface area contributed by atoms with Crippen LogP contribution in [0.4, 0.5) is 13.2 Å². The van der Waals surface area contributed by atoms with E-state index < -0.39 is 23.1 Å². The van der Waals surface area contributed by atoms with Gasteiger partial charge in [0.05, 0.1) is 24.4 Å². The molecule has 1 aliphatic carbocycles. The number of carbonyl (C=O) groups excluding carboxylic acids is 1. The van der Waals surface area contributed by atoms with Gasteiger partial charge in [-0.1, -0.05) is 0 Å². The third-order valence-corrected chi connectivity index (χ3v) is 6.30. The highest BCUT2D eigenvalue weighted by Gasteiger charge is 2.44. The number of H-pyrrole nitrogens is 1. The van der Waals surface area contributed by atoms with Crippen molar-refractivity contribution in [3.63, 3.8) is 0 Å². The summed E-state index contributed by atoms with van der Waals surface area (Å²) in [6, 6.07) is 8.03. The van der Waals surface area contributed by atoms with E-state index in [-0.39, 0.29) is 36.4 Å². The fourth-order valence-electron chi connectivity index (χ4n) is 4.47. The summed E-state index contributed by atoms with van der Waals surface area (Å²) in [7, 11) is 0. The number of aromatic nitrogens is 1. The van der Waals surface area contributed by atoms with Crippen LogP contribution in [-0.4, -0.2) is 41.4 Å². The van der Waals surface area contributed by atoms with Gasteiger partial charge in [0.2, 0.25) is 0 Å². The summed E-state index contributed by atoms with van der Waals surface area (Å²) in [5.41, 5.74) is 0.919. The molecule has 2 aromatic carbocycles. The molecule has 1 saturated carbocycles. The van der Waals surface area contributed by atoms with Crippen LogP contribution in [-0.2, 0) is 9.53 Å². The highest BCUT2D eigenvalue weighted by molar-refractivity contribution is 5.92. The maximum absolute atomic E-state index is 14.4. The lowest BCUT2D eigenvalue weighted by Gasteiger charge is -2.38. The number of hydrogen-bond donors (Lipinski definition) is 3. The Morgan fingerprint density at radius 3 is 2.48 bits per heavy atom.